The summed E-state index contributed by atoms with van der Waals surface area (Å²) in [6.45, 7) is 6.41. The monoisotopic (exact) mass is 744 g/mol. The Hall–Kier alpha value is -2.35. The number of piperazine rings is 1. The quantitative estimate of drug-likeness (QED) is 0.337. The van der Waals surface area contributed by atoms with E-state index in [1.807, 2.05) is 47.4 Å². The normalized spacial score (nSPS) is 28.8. The Morgan fingerprint density at radius 2 is 1.76 bits per heavy atom. The smallest absolute Gasteiger partial charge is 0.322 e. The number of amides is 3. The Balaban J connectivity index is 1.36. The number of carbonyl (C=O) groups is 3. The lowest BCUT2D eigenvalue weighted by atomic mass is 9.81. The van der Waals surface area contributed by atoms with Crippen molar-refractivity contribution in [2.45, 2.75) is 62.9 Å². The van der Waals surface area contributed by atoms with Gasteiger partial charge in [-0.05, 0) is 75.5 Å². The Morgan fingerprint density at radius 3 is 2.44 bits per heavy atom. The van der Waals surface area contributed by atoms with Crippen LogP contribution in [-0.4, -0.2) is 113 Å². The molecule has 3 fully saturated rings. The summed E-state index contributed by atoms with van der Waals surface area (Å²) < 4.78 is 1.34. The van der Waals surface area contributed by atoms with E-state index in [0.717, 1.165) is 71.1 Å². The van der Waals surface area contributed by atoms with Crippen LogP contribution in [0.15, 0.2) is 51.4 Å². The molecule has 0 saturated carbocycles. The summed E-state index contributed by atoms with van der Waals surface area (Å²) in [5, 5.41) is 16.6. The number of nitrogens with zero attached hydrogens (tertiary/aromatic N) is 5. The SMILES string of the molecule is CN1CCN(C2CCN(C3(CC=O)CC(N4Cc5ccccc5NC4=O)CC[N@+]3(Cc3ccc(Br)c(Br)c3)C(=O)[O-])CC2)CC1. The van der Waals surface area contributed by atoms with E-state index in [1.54, 1.807) is 0 Å². The average molecular weight is 747 g/mol. The number of piperidine rings is 2. The number of carbonyl (C=O) groups excluding carboxylic acids is 3. The van der Waals surface area contributed by atoms with Gasteiger partial charge < -0.3 is 29.8 Å². The van der Waals surface area contributed by atoms with E-state index in [0.29, 0.717) is 38.5 Å². The Bertz CT molecular complexity index is 1430. The molecule has 3 amide bonds. The number of fused-ring (bicyclic) bond motifs is 1. The van der Waals surface area contributed by atoms with Crippen molar-refractivity contribution in [3.05, 3.63) is 62.5 Å². The first-order chi connectivity index (χ1) is 21.7. The zero-order valence-corrected chi connectivity index (χ0v) is 29.0. The van der Waals surface area contributed by atoms with Gasteiger partial charge in [0.25, 0.3) is 6.09 Å². The minimum absolute atomic E-state index is 0.0421. The topological polar surface area (TPSA) is 99.3 Å². The molecule has 4 heterocycles. The summed E-state index contributed by atoms with van der Waals surface area (Å²) >= 11 is 7.12. The third-order valence-corrected chi connectivity index (χ3v) is 12.7. The number of benzene rings is 2. The van der Waals surface area contributed by atoms with Gasteiger partial charge in [-0.15, -0.1) is 0 Å². The maximum absolute atomic E-state index is 13.6. The van der Waals surface area contributed by atoms with Gasteiger partial charge in [-0.25, -0.2) is 4.79 Å². The Labute approximate surface area is 282 Å². The molecule has 10 nitrogen and oxygen atoms in total. The average Bonchev–Trinajstić information content (AvgIpc) is 3.04. The van der Waals surface area contributed by atoms with Crippen molar-refractivity contribution in [2.75, 3.05) is 58.2 Å². The second-order valence-corrected chi connectivity index (χ2v) is 14.8. The molecule has 4 aliphatic rings. The molecule has 3 atom stereocenters. The number of hydrogen-bond donors (Lipinski definition) is 1. The largest absolute Gasteiger partial charge is 0.498 e. The van der Waals surface area contributed by atoms with E-state index >= 15 is 0 Å². The molecular formula is C33H42Br2N6O4. The lowest BCUT2D eigenvalue weighted by Crippen LogP contribution is -2.80. The lowest BCUT2D eigenvalue weighted by molar-refractivity contribution is -0.956. The van der Waals surface area contributed by atoms with Crippen LogP contribution < -0.4 is 10.4 Å². The number of quaternary nitrogens is 1. The van der Waals surface area contributed by atoms with E-state index in [9.17, 15) is 19.5 Å². The van der Waals surface area contributed by atoms with Crippen molar-refractivity contribution < 1.29 is 24.0 Å². The molecule has 45 heavy (non-hydrogen) atoms. The fourth-order valence-corrected chi connectivity index (χ4v) is 8.94. The van der Waals surface area contributed by atoms with Gasteiger partial charge in [0.2, 0.25) is 0 Å². The molecule has 0 bridgehead atoms. The first-order valence-corrected chi connectivity index (χ1v) is 17.5. The number of urea groups is 1. The zero-order valence-electron chi connectivity index (χ0n) is 25.8. The highest BCUT2D eigenvalue weighted by atomic mass is 79.9. The summed E-state index contributed by atoms with van der Waals surface area (Å²) in [5.74, 6) is 0. The first-order valence-electron chi connectivity index (χ1n) is 16.0. The number of nitrogens with one attached hydrogen (secondary N) is 1. The summed E-state index contributed by atoms with van der Waals surface area (Å²) in [5.41, 5.74) is 1.60. The van der Waals surface area contributed by atoms with Gasteiger partial charge in [-0.1, -0.05) is 24.3 Å². The summed E-state index contributed by atoms with van der Waals surface area (Å²) in [4.78, 5) is 48.8. The molecule has 2 aromatic rings. The summed E-state index contributed by atoms with van der Waals surface area (Å²) in [6, 6.07) is 13.6. The molecule has 0 aromatic heterocycles. The highest BCUT2D eigenvalue weighted by Crippen LogP contribution is 2.46. The van der Waals surface area contributed by atoms with Gasteiger partial charge in [-0.2, -0.15) is 0 Å². The molecule has 2 aromatic carbocycles. The number of likely N-dealkylation sites (tertiary alicyclic amines) is 2. The van der Waals surface area contributed by atoms with Crippen LogP contribution in [0, 0.1) is 0 Å². The van der Waals surface area contributed by atoms with Crippen molar-refractivity contribution in [2.24, 2.45) is 0 Å². The Kier molecular flexibility index (Phi) is 9.71. The van der Waals surface area contributed by atoms with Crippen LogP contribution in [0.5, 0.6) is 0 Å². The zero-order chi connectivity index (χ0) is 31.8. The number of carboxylic acid groups (broad SMARTS) is 1. The van der Waals surface area contributed by atoms with Crippen molar-refractivity contribution >= 4 is 56.0 Å². The van der Waals surface area contributed by atoms with E-state index in [-0.39, 0.29) is 36.1 Å². The van der Waals surface area contributed by atoms with Crippen LogP contribution >= 0.6 is 31.9 Å². The number of hydrogen-bond acceptors (Lipinski definition) is 7. The molecule has 242 valence electrons. The number of aldehydes is 1. The number of halogens is 2. The van der Waals surface area contributed by atoms with Gasteiger partial charge in [0, 0.05) is 90.9 Å². The second kappa shape index (κ2) is 13.4. The highest BCUT2D eigenvalue weighted by Gasteiger charge is 2.61. The fraction of sp³-hybridized carbons (Fsp3) is 0.545. The standard InChI is InChI=1S/C33H42Br2N6O4/c1-37-14-16-38(17-15-37)26-8-12-39(13-9-26)33(11-19-42)21-27(40-22-25-4-2-3-5-30(25)36-31(40)43)10-18-41(33,32(44)45)23-24-6-7-28(34)29(35)20-24/h2-7,19-20,26-27H,8-18,21-23H2,1H3,(H-,36,43,44,45)/t27?,33?,41-/m0/s1. The molecule has 0 aliphatic carbocycles. The van der Waals surface area contributed by atoms with E-state index in [4.69, 9.17) is 0 Å². The summed E-state index contributed by atoms with van der Waals surface area (Å²) in [6.07, 6.45) is 2.41. The maximum Gasteiger partial charge on any atom is 0.322 e. The maximum atomic E-state index is 13.6. The minimum Gasteiger partial charge on any atom is -0.498 e. The molecule has 12 heteroatoms. The van der Waals surface area contributed by atoms with Crippen LogP contribution in [0.3, 0.4) is 0 Å². The lowest BCUT2D eigenvalue weighted by Gasteiger charge is -2.62. The van der Waals surface area contributed by atoms with Crippen LogP contribution in [0.2, 0.25) is 0 Å². The van der Waals surface area contributed by atoms with Crippen LogP contribution in [-0.2, 0) is 17.9 Å². The van der Waals surface area contributed by atoms with Crippen molar-refractivity contribution in [3.8, 4) is 0 Å². The molecular weight excluding hydrogens is 704 g/mol. The Morgan fingerprint density at radius 1 is 1.02 bits per heavy atom. The van der Waals surface area contributed by atoms with Gasteiger partial charge in [0.1, 0.15) is 12.8 Å². The molecule has 0 radical (unpaired) electrons. The number of likely N-dealkylation sites (N-methyl/N-ethyl adjacent to an activating group) is 1. The first kappa shape index (κ1) is 32.6. The number of rotatable bonds is 7. The third kappa shape index (κ3) is 6.21. The van der Waals surface area contributed by atoms with Crippen LogP contribution in [0.1, 0.15) is 43.2 Å². The predicted molar refractivity (Wildman–Crippen MR) is 177 cm³/mol. The van der Waals surface area contributed by atoms with E-state index < -0.39 is 11.8 Å². The molecule has 2 unspecified atom stereocenters. The highest BCUT2D eigenvalue weighted by molar-refractivity contribution is 9.13. The van der Waals surface area contributed by atoms with Gasteiger partial charge >= 0.3 is 6.03 Å². The van der Waals surface area contributed by atoms with Gasteiger partial charge in [0.05, 0.1) is 13.0 Å². The minimum atomic E-state index is -1.18. The summed E-state index contributed by atoms with van der Waals surface area (Å²) in [7, 11) is 2.16. The second-order valence-electron chi connectivity index (χ2n) is 13.1. The number of anilines is 1. The molecule has 4 aliphatic heterocycles. The van der Waals surface area contributed by atoms with Crippen LogP contribution in [0.25, 0.3) is 0 Å². The number of para-hydroxylation sites is 1. The van der Waals surface area contributed by atoms with Crippen molar-refractivity contribution in [1.29, 1.82) is 0 Å². The van der Waals surface area contributed by atoms with Gasteiger partial charge in [-0.3, -0.25) is 14.3 Å². The fourth-order valence-electron chi connectivity index (χ4n) is 8.27. The molecule has 3 saturated heterocycles. The van der Waals surface area contributed by atoms with E-state index in [1.165, 1.54) is 0 Å². The third-order valence-electron chi connectivity index (χ3n) is 10.8. The molecule has 1 N–H and O–H groups in total. The molecule has 6 rings (SSSR count). The van der Waals surface area contributed by atoms with Crippen LogP contribution in [0.4, 0.5) is 15.3 Å². The predicted octanol–water partition coefficient (Wildman–Crippen LogP) is 4.08. The van der Waals surface area contributed by atoms with Crippen molar-refractivity contribution in [3.63, 3.8) is 0 Å². The van der Waals surface area contributed by atoms with Crippen molar-refractivity contribution in [1.82, 2.24) is 19.6 Å². The van der Waals surface area contributed by atoms with E-state index in [2.05, 4.69) is 58.9 Å². The van der Waals surface area contributed by atoms with Gasteiger partial charge in [0.15, 0.2) is 5.66 Å². The molecule has 0 spiro atoms.